The van der Waals surface area contributed by atoms with Crippen molar-refractivity contribution in [2.24, 2.45) is 0 Å². The minimum Gasteiger partial charge on any atom is -0.0616 e. The molecule has 0 fully saturated rings. The number of fused-ring (bicyclic) bond motifs is 3. The third-order valence-electron chi connectivity index (χ3n) is 3.29. The first kappa shape index (κ1) is 10.8. The summed E-state index contributed by atoms with van der Waals surface area (Å²) in [4.78, 5) is 0. The first-order valence-corrected chi connectivity index (χ1v) is 6.69. The molecular formula is C16H13Br. The van der Waals surface area contributed by atoms with Gasteiger partial charge >= 0.3 is 0 Å². The van der Waals surface area contributed by atoms with Gasteiger partial charge in [-0.15, -0.1) is 0 Å². The Morgan fingerprint density at radius 3 is 2.53 bits per heavy atom. The molecule has 0 atom stereocenters. The molecule has 3 aromatic rings. The van der Waals surface area contributed by atoms with Crippen LogP contribution in [0, 0.1) is 0 Å². The summed E-state index contributed by atoms with van der Waals surface area (Å²) in [5.74, 6) is 0. The Morgan fingerprint density at radius 2 is 1.71 bits per heavy atom. The van der Waals surface area contributed by atoms with E-state index in [1.54, 1.807) is 0 Å². The topological polar surface area (TPSA) is 0 Å². The van der Waals surface area contributed by atoms with Gasteiger partial charge in [0, 0.05) is 4.47 Å². The van der Waals surface area contributed by atoms with E-state index in [4.69, 9.17) is 0 Å². The fraction of sp³-hybridized carbons (Fsp3) is 0.125. The van der Waals surface area contributed by atoms with Gasteiger partial charge in [0.2, 0.25) is 0 Å². The molecule has 3 rings (SSSR count). The van der Waals surface area contributed by atoms with E-state index in [2.05, 4.69) is 71.4 Å². The summed E-state index contributed by atoms with van der Waals surface area (Å²) in [7, 11) is 0. The number of halogens is 1. The summed E-state index contributed by atoms with van der Waals surface area (Å²) < 4.78 is 1.14. The van der Waals surface area contributed by atoms with Crippen LogP contribution in [-0.4, -0.2) is 0 Å². The van der Waals surface area contributed by atoms with Crippen molar-refractivity contribution in [3.05, 3.63) is 58.6 Å². The molecule has 17 heavy (non-hydrogen) atoms. The van der Waals surface area contributed by atoms with Crippen LogP contribution in [0.4, 0.5) is 0 Å². The molecule has 0 N–H and O–H groups in total. The monoisotopic (exact) mass is 284 g/mol. The number of rotatable bonds is 1. The van der Waals surface area contributed by atoms with E-state index >= 15 is 0 Å². The standard InChI is InChI=1S/C16H13Br/c1-2-11-9-12-5-3-4-6-14(12)16-10-13(17)7-8-15(11)16/h3-10H,2H2,1H3. The molecule has 0 unspecified atom stereocenters. The second-order valence-electron chi connectivity index (χ2n) is 4.30. The van der Waals surface area contributed by atoms with Crippen LogP contribution < -0.4 is 0 Å². The molecule has 0 saturated carbocycles. The van der Waals surface area contributed by atoms with E-state index in [0.29, 0.717) is 0 Å². The van der Waals surface area contributed by atoms with Crippen molar-refractivity contribution in [3.63, 3.8) is 0 Å². The van der Waals surface area contributed by atoms with Crippen molar-refractivity contribution in [2.45, 2.75) is 13.3 Å². The highest BCUT2D eigenvalue weighted by atomic mass is 79.9. The van der Waals surface area contributed by atoms with Gasteiger partial charge in [0.05, 0.1) is 0 Å². The van der Waals surface area contributed by atoms with Crippen molar-refractivity contribution < 1.29 is 0 Å². The van der Waals surface area contributed by atoms with Crippen LogP contribution in [0.2, 0.25) is 0 Å². The minimum atomic E-state index is 1.07. The van der Waals surface area contributed by atoms with Gasteiger partial charge in [-0.05, 0) is 45.7 Å². The zero-order chi connectivity index (χ0) is 11.8. The van der Waals surface area contributed by atoms with Crippen LogP contribution in [0.5, 0.6) is 0 Å². The molecule has 0 aromatic heterocycles. The maximum Gasteiger partial charge on any atom is 0.0181 e. The van der Waals surface area contributed by atoms with Gasteiger partial charge in [0.15, 0.2) is 0 Å². The summed E-state index contributed by atoms with van der Waals surface area (Å²) in [5.41, 5.74) is 1.42. The Labute approximate surface area is 109 Å². The molecule has 0 saturated heterocycles. The lowest BCUT2D eigenvalue weighted by Crippen LogP contribution is -1.86. The Hall–Kier alpha value is -1.34. The molecule has 0 radical (unpaired) electrons. The summed E-state index contributed by atoms with van der Waals surface area (Å²) in [6, 6.07) is 17.5. The molecule has 0 aliphatic rings. The highest BCUT2D eigenvalue weighted by molar-refractivity contribution is 9.10. The molecule has 84 valence electrons. The van der Waals surface area contributed by atoms with E-state index in [0.717, 1.165) is 10.9 Å². The predicted octanol–water partition coefficient (Wildman–Crippen LogP) is 5.32. The van der Waals surface area contributed by atoms with E-state index in [1.807, 2.05) is 0 Å². The summed E-state index contributed by atoms with van der Waals surface area (Å²) in [6.07, 6.45) is 1.07. The Bertz CT molecular complexity index is 698. The molecule has 0 heterocycles. The second kappa shape index (κ2) is 4.15. The summed E-state index contributed by atoms with van der Waals surface area (Å²) in [6.45, 7) is 2.21. The smallest absolute Gasteiger partial charge is 0.0181 e. The molecule has 0 amide bonds. The lowest BCUT2D eigenvalue weighted by atomic mass is 9.96. The Morgan fingerprint density at radius 1 is 0.882 bits per heavy atom. The number of aryl methyl sites for hydroxylation is 1. The average molecular weight is 285 g/mol. The quantitative estimate of drug-likeness (QED) is 0.531. The predicted molar refractivity (Wildman–Crippen MR) is 78.5 cm³/mol. The van der Waals surface area contributed by atoms with Crippen LogP contribution >= 0.6 is 15.9 Å². The highest BCUT2D eigenvalue weighted by Gasteiger charge is 2.05. The van der Waals surface area contributed by atoms with Gasteiger partial charge in [-0.1, -0.05) is 59.3 Å². The molecule has 3 aromatic carbocycles. The first-order chi connectivity index (χ1) is 8.29. The lowest BCUT2D eigenvalue weighted by molar-refractivity contribution is 1.16. The molecule has 0 aliphatic carbocycles. The Kier molecular flexibility index (Phi) is 2.64. The largest absolute Gasteiger partial charge is 0.0616 e. The third kappa shape index (κ3) is 1.75. The van der Waals surface area contributed by atoms with Gasteiger partial charge in [-0.25, -0.2) is 0 Å². The van der Waals surface area contributed by atoms with Gasteiger partial charge in [-0.3, -0.25) is 0 Å². The summed E-state index contributed by atoms with van der Waals surface area (Å²) >= 11 is 3.56. The maximum absolute atomic E-state index is 3.56. The van der Waals surface area contributed by atoms with Crippen LogP contribution in [0.1, 0.15) is 12.5 Å². The summed E-state index contributed by atoms with van der Waals surface area (Å²) in [5, 5.41) is 5.37. The van der Waals surface area contributed by atoms with E-state index in [9.17, 15) is 0 Å². The van der Waals surface area contributed by atoms with Crippen molar-refractivity contribution in [3.8, 4) is 0 Å². The van der Waals surface area contributed by atoms with Crippen LogP contribution in [-0.2, 0) is 6.42 Å². The average Bonchev–Trinajstić information content (AvgIpc) is 2.37. The molecule has 1 heteroatoms. The van der Waals surface area contributed by atoms with Crippen molar-refractivity contribution in [1.29, 1.82) is 0 Å². The van der Waals surface area contributed by atoms with Gasteiger partial charge in [0.25, 0.3) is 0 Å². The first-order valence-electron chi connectivity index (χ1n) is 5.89. The second-order valence-corrected chi connectivity index (χ2v) is 5.22. The van der Waals surface area contributed by atoms with Gasteiger partial charge < -0.3 is 0 Å². The SMILES string of the molecule is CCc1cc2ccccc2c2cc(Br)ccc12. The fourth-order valence-electron chi connectivity index (χ4n) is 2.45. The maximum atomic E-state index is 3.56. The molecule has 0 bridgehead atoms. The molecule has 0 spiro atoms. The van der Waals surface area contributed by atoms with Crippen molar-refractivity contribution in [1.82, 2.24) is 0 Å². The Balaban J connectivity index is 2.56. The zero-order valence-electron chi connectivity index (χ0n) is 9.70. The van der Waals surface area contributed by atoms with Crippen molar-refractivity contribution in [2.75, 3.05) is 0 Å². The minimum absolute atomic E-state index is 1.07. The van der Waals surface area contributed by atoms with Gasteiger partial charge in [0.1, 0.15) is 0 Å². The van der Waals surface area contributed by atoms with Crippen LogP contribution in [0.3, 0.4) is 0 Å². The lowest BCUT2D eigenvalue weighted by Gasteiger charge is -2.09. The molecule has 0 aliphatic heterocycles. The highest BCUT2D eigenvalue weighted by Crippen LogP contribution is 2.31. The van der Waals surface area contributed by atoms with Crippen LogP contribution in [0.15, 0.2) is 53.0 Å². The number of benzene rings is 3. The number of hydrogen-bond donors (Lipinski definition) is 0. The number of hydrogen-bond acceptors (Lipinski definition) is 0. The van der Waals surface area contributed by atoms with E-state index < -0.39 is 0 Å². The molecular weight excluding hydrogens is 272 g/mol. The molecule has 0 nitrogen and oxygen atoms in total. The van der Waals surface area contributed by atoms with E-state index in [-0.39, 0.29) is 0 Å². The third-order valence-corrected chi connectivity index (χ3v) is 3.78. The fourth-order valence-corrected chi connectivity index (χ4v) is 2.81. The van der Waals surface area contributed by atoms with E-state index in [1.165, 1.54) is 27.1 Å². The van der Waals surface area contributed by atoms with Crippen LogP contribution in [0.25, 0.3) is 21.5 Å². The van der Waals surface area contributed by atoms with Gasteiger partial charge in [-0.2, -0.15) is 0 Å². The normalized spacial score (nSPS) is 11.2. The zero-order valence-corrected chi connectivity index (χ0v) is 11.3. The van der Waals surface area contributed by atoms with Crippen molar-refractivity contribution >= 4 is 37.5 Å².